The second kappa shape index (κ2) is 10.9. The van der Waals surface area contributed by atoms with Gasteiger partial charge in [0.2, 0.25) is 0 Å². The number of fused-ring (bicyclic) bond motifs is 1. The minimum absolute atomic E-state index is 0.113. The quantitative estimate of drug-likeness (QED) is 0.341. The Bertz CT molecular complexity index is 1410. The van der Waals surface area contributed by atoms with Crippen LogP contribution in [0.15, 0.2) is 48.5 Å². The van der Waals surface area contributed by atoms with Crippen molar-refractivity contribution in [2.24, 2.45) is 0 Å². The third-order valence-electron chi connectivity index (χ3n) is 6.82. The molecule has 0 spiro atoms. The number of ether oxygens (including phenoxy) is 1. The number of benzene rings is 2. The van der Waals surface area contributed by atoms with E-state index in [0.717, 1.165) is 53.9 Å². The molecule has 2 heterocycles. The van der Waals surface area contributed by atoms with Crippen molar-refractivity contribution >= 4 is 34.4 Å². The fourth-order valence-electron chi connectivity index (χ4n) is 4.88. The second-order valence-electron chi connectivity index (χ2n) is 9.60. The van der Waals surface area contributed by atoms with Gasteiger partial charge < -0.3 is 15.4 Å². The SMILES string of the molecule is COCc1nc(NC2CCC(NC(=O)c3ccccc3Cl)CC2)c2c(C)nn(-c3ccc(C)cc3)c2n1. The summed E-state index contributed by atoms with van der Waals surface area (Å²) >= 11 is 6.19. The number of methoxy groups -OCH3 is 1. The molecule has 2 N–H and O–H groups in total. The zero-order valence-electron chi connectivity index (χ0n) is 21.3. The third kappa shape index (κ3) is 5.45. The number of carbonyl (C=O) groups is 1. The first-order chi connectivity index (χ1) is 17.9. The molecule has 192 valence electrons. The molecule has 1 saturated carbocycles. The van der Waals surface area contributed by atoms with E-state index in [1.807, 2.05) is 35.9 Å². The van der Waals surface area contributed by atoms with Gasteiger partial charge in [-0.15, -0.1) is 0 Å². The first-order valence-corrected chi connectivity index (χ1v) is 12.9. The van der Waals surface area contributed by atoms with Crippen LogP contribution in [0.2, 0.25) is 5.02 Å². The minimum atomic E-state index is -0.122. The zero-order valence-corrected chi connectivity index (χ0v) is 22.0. The van der Waals surface area contributed by atoms with E-state index in [1.165, 1.54) is 5.56 Å². The summed E-state index contributed by atoms with van der Waals surface area (Å²) in [6.07, 6.45) is 3.55. The van der Waals surface area contributed by atoms with Crippen molar-refractivity contribution < 1.29 is 9.53 Å². The monoisotopic (exact) mass is 518 g/mol. The van der Waals surface area contributed by atoms with E-state index in [9.17, 15) is 4.79 Å². The lowest BCUT2D eigenvalue weighted by Crippen LogP contribution is -2.40. The smallest absolute Gasteiger partial charge is 0.253 e. The van der Waals surface area contributed by atoms with E-state index in [1.54, 1.807) is 19.2 Å². The largest absolute Gasteiger partial charge is 0.377 e. The van der Waals surface area contributed by atoms with Crippen LogP contribution >= 0.6 is 11.6 Å². The molecule has 2 aromatic heterocycles. The Balaban J connectivity index is 1.34. The van der Waals surface area contributed by atoms with Crippen LogP contribution in [0.1, 0.15) is 53.1 Å². The molecule has 1 aliphatic carbocycles. The number of carbonyl (C=O) groups excluding carboxylic acids is 1. The van der Waals surface area contributed by atoms with Gasteiger partial charge in [0.25, 0.3) is 5.91 Å². The van der Waals surface area contributed by atoms with Crippen LogP contribution in [-0.4, -0.2) is 44.8 Å². The normalized spacial score (nSPS) is 17.6. The van der Waals surface area contributed by atoms with Crippen LogP contribution in [0.25, 0.3) is 16.7 Å². The number of amides is 1. The fourth-order valence-corrected chi connectivity index (χ4v) is 5.10. The third-order valence-corrected chi connectivity index (χ3v) is 7.15. The molecular formula is C28H31ClN6O2. The number of nitrogens with zero attached hydrogens (tertiary/aromatic N) is 4. The van der Waals surface area contributed by atoms with Crippen molar-refractivity contribution in [1.29, 1.82) is 0 Å². The standard InChI is InChI=1S/C28H31ClN6O2/c1-17-8-14-21(15-9-17)35-27-25(18(2)34-35)26(32-24(33-27)16-37-3)30-19-10-12-20(13-11-19)31-28(36)22-6-4-5-7-23(22)29/h4-9,14-15,19-20H,10-13,16H2,1-3H3,(H,31,36)(H,30,32,33). The molecule has 0 aliphatic heterocycles. The van der Waals surface area contributed by atoms with Crippen molar-refractivity contribution in [3.05, 3.63) is 76.2 Å². The number of nitrogens with one attached hydrogen (secondary N) is 2. The number of aryl methyl sites for hydroxylation is 2. The molecule has 37 heavy (non-hydrogen) atoms. The number of rotatable bonds is 7. The molecule has 1 fully saturated rings. The first-order valence-electron chi connectivity index (χ1n) is 12.6. The summed E-state index contributed by atoms with van der Waals surface area (Å²) in [7, 11) is 1.64. The number of hydrogen-bond donors (Lipinski definition) is 2. The van der Waals surface area contributed by atoms with Gasteiger partial charge in [0.15, 0.2) is 11.5 Å². The van der Waals surface area contributed by atoms with E-state index in [0.29, 0.717) is 23.0 Å². The Morgan fingerprint density at radius 3 is 2.43 bits per heavy atom. The summed E-state index contributed by atoms with van der Waals surface area (Å²) in [5.74, 6) is 1.26. The van der Waals surface area contributed by atoms with E-state index in [-0.39, 0.29) is 18.0 Å². The minimum Gasteiger partial charge on any atom is -0.377 e. The Labute approximate surface area is 221 Å². The summed E-state index contributed by atoms with van der Waals surface area (Å²) in [6.45, 7) is 4.36. The van der Waals surface area contributed by atoms with Gasteiger partial charge in [-0.25, -0.2) is 14.6 Å². The van der Waals surface area contributed by atoms with Gasteiger partial charge in [-0.05, 0) is 63.8 Å². The van der Waals surface area contributed by atoms with Gasteiger partial charge in [-0.1, -0.05) is 41.4 Å². The molecular weight excluding hydrogens is 488 g/mol. The predicted octanol–water partition coefficient (Wildman–Crippen LogP) is 5.39. The van der Waals surface area contributed by atoms with Crippen LogP contribution in [0.3, 0.4) is 0 Å². The molecule has 0 saturated heterocycles. The summed E-state index contributed by atoms with van der Waals surface area (Å²) in [4.78, 5) is 22.3. The number of aromatic nitrogens is 4. The Morgan fingerprint density at radius 1 is 1.03 bits per heavy atom. The topological polar surface area (TPSA) is 94.0 Å². The predicted molar refractivity (Wildman–Crippen MR) is 145 cm³/mol. The number of halogens is 1. The van der Waals surface area contributed by atoms with Crippen molar-refractivity contribution in [3.8, 4) is 5.69 Å². The molecule has 9 heteroatoms. The van der Waals surface area contributed by atoms with E-state index >= 15 is 0 Å². The van der Waals surface area contributed by atoms with Gasteiger partial charge in [-0.3, -0.25) is 4.79 Å². The average Bonchev–Trinajstić information content (AvgIpc) is 3.22. The second-order valence-corrected chi connectivity index (χ2v) is 10.0. The highest BCUT2D eigenvalue weighted by atomic mass is 35.5. The molecule has 5 rings (SSSR count). The lowest BCUT2D eigenvalue weighted by Gasteiger charge is -2.30. The van der Waals surface area contributed by atoms with Crippen molar-refractivity contribution in [2.45, 2.75) is 58.2 Å². The maximum absolute atomic E-state index is 12.7. The van der Waals surface area contributed by atoms with Crippen molar-refractivity contribution in [3.63, 3.8) is 0 Å². The Morgan fingerprint density at radius 2 is 1.73 bits per heavy atom. The zero-order chi connectivity index (χ0) is 25.9. The van der Waals surface area contributed by atoms with Gasteiger partial charge in [0.1, 0.15) is 12.4 Å². The maximum atomic E-state index is 12.7. The highest BCUT2D eigenvalue weighted by Gasteiger charge is 2.25. The van der Waals surface area contributed by atoms with Gasteiger partial charge in [0, 0.05) is 19.2 Å². The lowest BCUT2D eigenvalue weighted by atomic mass is 9.91. The molecule has 4 aromatic rings. The summed E-state index contributed by atoms with van der Waals surface area (Å²) in [5.41, 5.74) is 4.27. The first kappa shape index (κ1) is 25.2. The lowest BCUT2D eigenvalue weighted by molar-refractivity contribution is 0.0926. The molecule has 0 bridgehead atoms. The van der Waals surface area contributed by atoms with Crippen LogP contribution in [0.5, 0.6) is 0 Å². The van der Waals surface area contributed by atoms with Gasteiger partial charge in [0.05, 0.1) is 27.4 Å². The molecule has 0 atom stereocenters. The highest BCUT2D eigenvalue weighted by molar-refractivity contribution is 6.33. The van der Waals surface area contributed by atoms with Crippen molar-refractivity contribution in [2.75, 3.05) is 12.4 Å². The molecule has 0 unspecified atom stereocenters. The van der Waals surface area contributed by atoms with Gasteiger partial charge in [-0.2, -0.15) is 5.10 Å². The number of anilines is 1. The van der Waals surface area contributed by atoms with Gasteiger partial charge >= 0.3 is 0 Å². The highest BCUT2D eigenvalue weighted by Crippen LogP contribution is 2.30. The Kier molecular flexibility index (Phi) is 7.39. The molecule has 2 aromatic carbocycles. The maximum Gasteiger partial charge on any atom is 0.253 e. The van der Waals surface area contributed by atoms with E-state index in [4.69, 9.17) is 31.4 Å². The molecule has 0 radical (unpaired) electrons. The van der Waals surface area contributed by atoms with Crippen LogP contribution in [0.4, 0.5) is 5.82 Å². The fraction of sp³-hybridized carbons (Fsp3) is 0.357. The molecule has 8 nitrogen and oxygen atoms in total. The van der Waals surface area contributed by atoms with E-state index < -0.39 is 0 Å². The summed E-state index contributed by atoms with van der Waals surface area (Å²) in [6, 6.07) is 15.7. The average molecular weight is 519 g/mol. The van der Waals surface area contributed by atoms with Crippen molar-refractivity contribution in [1.82, 2.24) is 25.1 Å². The number of hydrogen-bond acceptors (Lipinski definition) is 6. The molecule has 1 amide bonds. The summed E-state index contributed by atoms with van der Waals surface area (Å²) < 4.78 is 7.23. The van der Waals surface area contributed by atoms with Crippen LogP contribution in [0, 0.1) is 13.8 Å². The van der Waals surface area contributed by atoms with E-state index in [2.05, 4.69) is 29.7 Å². The van der Waals surface area contributed by atoms with Crippen LogP contribution in [-0.2, 0) is 11.3 Å². The molecule has 1 aliphatic rings. The Hall–Kier alpha value is -3.49. The summed E-state index contributed by atoms with van der Waals surface area (Å²) in [5, 5.41) is 13.0. The van der Waals surface area contributed by atoms with Crippen LogP contribution < -0.4 is 10.6 Å².